The van der Waals surface area contributed by atoms with Gasteiger partial charge in [-0.1, -0.05) is 78.9 Å². The van der Waals surface area contributed by atoms with Crippen LogP contribution in [0.3, 0.4) is 0 Å². The predicted molar refractivity (Wildman–Crippen MR) is 128 cm³/mol. The molecule has 1 fully saturated rings. The van der Waals surface area contributed by atoms with Gasteiger partial charge in [0.25, 0.3) is 0 Å². The third-order valence-corrected chi connectivity index (χ3v) is 5.92. The highest BCUT2D eigenvalue weighted by molar-refractivity contribution is 5.83. The molecule has 1 aliphatic heterocycles. The molecule has 1 atom stereocenters. The Kier molecular flexibility index (Phi) is 7.86. The van der Waals surface area contributed by atoms with Crippen LogP contribution in [0.25, 0.3) is 16.8 Å². The van der Waals surface area contributed by atoms with Gasteiger partial charge in [0, 0.05) is 39.3 Å². The summed E-state index contributed by atoms with van der Waals surface area (Å²) in [6.45, 7) is 7.19. The average Bonchev–Trinajstić information content (AvgIpc) is 2.83. The summed E-state index contributed by atoms with van der Waals surface area (Å²) in [7, 11) is 0. The number of rotatable bonds is 9. The smallest absolute Gasteiger partial charge is 0.102 e. The summed E-state index contributed by atoms with van der Waals surface area (Å²) < 4.78 is 5.79. The Balaban J connectivity index is 1.12. The monoisotopic (exact) mass is 416 g/mol. The van der Waals surface area contributed by atoms with E-state index >= 15 is 0 Å². The average molecular weight is 417 g/mol. The van der Waals surface area contributed by atoms with Crippen LogP contribution in [0.15, 0.2) is 78.9 Å². The zero-order chi connectivity index (χ0) is 21.3. The fourth-order valence-electron chi connectivity index (χ4n) is 4.00. The molecule has 0 spiro atoms. The SMILES string of the molecule is OC(COCCN1CCN(C/C=C/c2ccccc2)CC1)c1ccc2ccccc2c1. The van der Waals surface area contributed by atoms with E-state index in [4.69, 9.17) is 4.74 Å². The number of fused-ring (bicyclic) bond motifs is 1. The van der Waals surface area contributed by atoms with E-state index in [1.165, 1.54) is 10.9 Å². The molecule has 4 nitrogen and oxygen atoms in total. The highest BCUT2D eigenvalue weighted by Gasteiger charge is 2.16. The maximum atomic E-state index is 10.5. The van der Waals surface area contributed by atoms with Gasteiger partial charge in [-0.3, -0.25) is 9.80 Å². The number of piperazine rings is 1. The summed E-state index contributed by atoms with van der Waals surface area (Å²) in [5.41, 5.74) is 2.17. The molecule has 0 saturated carbocycles. The van der Waals surface area contributed by atoms with E-state index in [-0.39, 0.29) is 0 Å². The molecule has 31 heavy (non-hydrogen) atoms. The highest BCUT2D eigenvalue weighted by atomic mass is 16.5. The van der Waals surface area contributed by atoms with E-state index in [0.29, 0.717) is 13.2 Å². The first kappa shape index (κ1) is 21.7. The van der Waals surface area contributed by atoms with Gasteiger partial charge < -0.3 is 9.84 Å². The molecule has 1 aliphatic rings. The number of hydrogen-bond donors (Lipinski definition) is 1. The summed E-state index contributed by atoms with van der Waals surface area (Å²) >= 11 is 0. The Bertz CT molecular complexity index is 965. The van der Waals surface area contributed by atoms with Gasteiger partial charge in [0.1, 0.15) is 6.10 Å². The minimum absolute atomic E-state index is 0.336. The van der Waals surface area contributed by atoms with Crippen LogP contribution in [0.2, 0.25) is 0 Å². The largest absolute Gasteiger partial charge is 0.386 e. The number of ether oxygens (including phenoxy) is 1. The lowest BCUT2D eigenvalue weighted by atomic mass is 10.0. The molecule has 0 radical (unpaired) electrons. The summed E-state index contributed by atoms with van der Waals surface area (Å²) in [4.78, 5) is 4.93. The summed E-state index contributed by atoms with van der Waals surface area (Å²) in [5.74, 6) is 0. The van der Waals surface area contributed by atoms with E-state index < -0.39 is 6.10 Å². The van der Waals surface area contributed by atoms with Crippen LogP contribution < -0.4 is 0 Å². The van der Waals surface area contributed by atoms with Gasteiger partial charge in [0.15, 0.2) is 0 Å². The van der Waals surface area contributed by atoms with Crippen molar-refractivity contribution in [3.05, 3.63) is 90.0 Å². The lowest BCUT2D eigenvalue weighted by Gasteiger charge is -2.34. The first-order chi connectivity index (χ1) is 15.3. The second-order valence-electron chi connectivity index (χ2n) is 8.15. The molecule has 1 unspecified atom stereocenters. The Hall–Kier alpha value is -2.50. The van der Waals surface area contributed by atoms with Crippen molar-refractivity contribution in [2.45, 2.75) is 6.10 Å². The molecule has 3 aromatic rings. The summed E-state index contributed by atoms with van der Waals surface area (Å²) in [6.07, 6.45) is 3.86. The van der Waals surface area contributed by atoms with Crippen LogP contribution in [0.4, 0.5) is 0 Å². The van der Waals surface area contributed by atoms with E-state index in [1.807, 2.05) is 24.3 Å². The second kappa shape index (κ2) is 11.2. The van der Waals surface area contributed by atoms with E-state index in [1.54, 1.807) is 0 Å². The van der Waals surface area contributed by atoms with Crippen molar-refractivity contribution in [1.82, 2.24) is 9.80 Å². The molecule has 3 aromatic carbocycles. The topological polar surface area (TPSA) is 35.9 Å². The van der Waals surface area contributed by atoms with Gasteiger partial charge in [-0.25, -0.2) is 0 Å². The fourth-order valence-corrected chi connectivity index (χ4v) is 4.00. The minimum atomic E-state index is -0.585. The lowest BCUT2D eigenvalue weighted by Crippen LogP contribution is -2.47. The molecule has 1 heterocycles. The molecular weight excluding hydrogens is 384 g/mol. The van der Waals surface area contributed by atoms with Gasteiger partial charge in [-0.2, -0.15) is 0 Å². The second-order valence-corrected chi connectivity index (χ2v) is 8.15. The van der Waals surface area contributed by atoms with Crippen molar-refractivity contribution in [3.63, 3.8) is 0 Å². The fraction of sp³-hybridized carbons (Fsp3) is 0.333. The Morgan fingerprint density at radius 3 is 2.35 bits per heavy atom. The van der Waals surface area contributed by atoms with Crippen molar-refractivity contribution in [2.75, 3.05) is 52.5 Å². The van der Waals surface area contributed by atoms with Gasteiger partial charge in [-0.15, -0.1) is 0 Å². The van der Waals surface area contributed by atoms with Crippen LogP contribution in [-0.4, -0.2) is 67.4 Å². The molecule has 4 rings (SSSR count). The highest BCUT2D eigenvalue weighted by Crippen LogP contribution is 2.20. The van der Waals surface area contributed by atoms with Crippen molar-refractivity contribution in [3.8, 4) is 0 Å². The van der Waals surface area contributed by atoms with Crippen LogP contribution in [0, 0.1) is 0 Å². The molecule has 0 bridgehead atoms. The maximum absolute atomic E-state index is 10.5. The molecular formula is C27H32N2O2. The molecule has 4 heteroatoms. The zero-order valence-corrected chi connectivity index (χ0v) is 18.1. The summed E-state index contributed by atoms with van der Waals surface area (Å²) in [6, 6.07) is 24.8. The van der Waals surface area contributed by atoms with Crippen molar-refractivity contribution in [2.24, 2.45) is 0 Å². The van der Waals surface area contributed by atoms with Crippen LogP contribution in [-0.2, 0) is 4.74 Å². The molecule has 1 N–H and O–H groups in total. The molecule has 0 amide bonds. The summed E-state index contributed by atoms with van der Waals surface area (Å²) in [5, 5.41) is 12.8. The van der Waals surface area contributed by atoms with Gasteiger partial charge in [0.2, 0.25) is 0 Å². The van der Waals surface area contributed by atoms with E-state index in [0.717, 1.165) is 50.2 Å². The molecule has 0 aromatic heterocycles. The van der Waals surface area contributed by atoms with Crippen molar-refractivity contribution < 1.29 is 9.84 Å². The first-order valence-electron chi connectivity index (χ1n) is 11.2. The first-order valence-corrected chi connectivity index (χ1v) is 11.2. The predicted octanol–water partition coefficient (Wildman–Crippen LogP) is 4.22. The standard InChI is InChI=1S/C27H32N2O2/c30-27(26-13-12-24-10-4-5-11-25(24)21-26)22-31-20-19-29-17-15-28(16-18-29)14-6-9-23-7-2-1-3-8-23/h1-13,21,27,30H,14-20,22H2/b9-6+. The van der Waals surface area contributed by atoms with Crippen molar-refractivity contribution >= 4 is 16.8 Å². The minimum Gasteiger partial charge on any atom is -0.386 e. The number of aliphatic hydroxyl groups is 1. The van der Waals surface area contributed by atoms with Crippen LogP contribution in [0.5, 0.6) is 0 Å². The number of benzene rings is 3. The Labute approximate surface area is 185 Å². The number of aliphatic hydroxyl groups excluding tert-OH is 1. The van der Waals surface area contributed by atoms with Crippen LogP contribution >= 0.6 is 0 Å². The number of nitrogens with zero attached hydrogens (tertiary/aromatic N) is 2. The quantitative estimate of drug-likeness (QED) is 0.530. The molecule has 0 aliphatic carbocycles. The maximum Gasteiger partial charge on any atom is 0.102 e. The van der Waals surface area contributed by atoms with E-state index in [2.05, 4.69) is 70.5 Å². The number of hydrogen-bond acceptors (Lipinski definition) is 4. The Morgan fingerprint density at radius 1 is 0.839 bits per heavy atom. The normalized spacial score (nSPS) is 16.8. The molecule has 1 saturated heterocycles. The third-order valence-electron chi connectivity index (χ3n) is 5.92. The third kappa shape index (κ3) is 6.49. The van der Waals surface area contributed by atoms with Gasteiger partial charge in [0.05, 0.1) is 13.2 Å². The van der Waals surface area contributed by atoms with Crippen molar-refractivity contribution in [1.29, 1.82) is 0 Å². The molecule has 162 valence electrons. The van der Waals surface area contributed by atoms with E-state index in [9.17, 15) is 5.11 Å². The van der Waals surface area contributed by atoms with Gasteiger partial charge >= 0.3 is 0 Å². The van der Waals surface area contributed by atoms with Gasteiger partial charge in [-0.05, 0) is 28.0 Å². The van der Waals surface area contributed by atoms with Crippen LogP contribution in [0.1, 0.15) is 17.2 Å². The Morgan fingerprint density at radius 2 is 1.55 bits per heavy atom. The zero-order valence-electron chi connectivity index (χ0n) is 18.1. The lowest BCUT2D eigenvalue weighted by molar-refractivity contribution is 0.0208.